The number of likely N-dealkylation sites (N-methyl/N-ethyl adjacent to an activating group) is 1. The van der Waals surface area contributed by atoms with E-state index in [4.69, 9.17) is 9.47 Å². The van der Waals surface area contributed by atoms with E-state index in [2.05, 4.69) is 19.2 Å². The molecule has 0 heterocycles. The first-order valence-corrected chi connectivity index (χ1v) is 10.0. The molecule has 1 atom stereocenters. The standard InChI is InChI=1S/C21H36N2O5/c1-6-9-11-18(7-2)16-28-21(26)19(20(25)27-8-3)12-10-14-23(5)15-13-22-17(4)24/h10,12,14,18H,6-9,11,13,15-16H2,1-5H3,(H,22,24). The summed E-state index contributed by atoms with van der Waals surface area (Å²) in [6, 6.07) is 0. The molecule has 0 aliphatic heterocycles. The highest BCUT2D eigenvalue weighted by molar-refractivity contribution is 6.14. The Labute approximate surface area is 169 Å². The number of amides is 1. The number of hydrogen-bond donors (Lipinski definition) is 1. The lowest BCUT2D eigenvalue weighted by molar-refractivity contribution is -0.147. The normalized spacial score (nSPS) is 12.5. The van der Waals surface area contributed by atoms with Crippen LogP contribution in [0.4, 0.5) is 0 Å². The van der Waals surface area contributed by atoms with Crippen molar-refractivity contribution in [1.82, 2.24) is 10.2 Å². The molecular formula is C21H36N2O5. The fraction of sp³-hybridized carbons (Fsp3) is 0.667. The topological polar surface area (TPSA) is 84.9 Å². The molecule has 0 aromatic rings. The Kier molecular flexibility index (Phi) is 14.4. The number of rotatable bonds is 14. The molecule has 0 saturated heterocycles. The zero-order chi connectivity index (χ0) is 21.4. The van der Waals surface area contributed by atoms with Crippen molar-refractivity contribution >= 4 is 17.8 Å². The van der Waals surface area contributed by atoms with Crippen LogP contribution in [0.25, 0.3) is 0 Å². The lowest BCUT2D eigenvalue weighted by Crippen LogP contribution is -2.29. The van der Waals surface area contributed by atoms with Gasteiger partial charge < -0.3 is 19.7 Å². The molecule has 7 heteroatoms. The number of ether oxygens (including phenoxy) is 2. The maximum atomic E-state index is 12.4. The van der Waals surface area contributed by atoms with E-state index in [0.717, 1.165) is 25.7 Å². The molecule has 0 bridgehead atoms. The molecule has 0 aromatic carbocycles. The van der Waals surface area contributed by atoms with Crippen molar-refractivity contribution in [2.45, 2.75) is 53.4 Å². The van der Waals surface area contributed by atoms with Crippen molar-refractivity contribution in [3.8, 4) is 0 Å². The predicted molar refractivity (Wildman–Crippen MR) is 109 cm³/mol. The molecule has 0 rings (SSSR count). The number of hydrogen-bond acceptors (Lipinski definition) is 6. The molecule has 0 fully saturated rings. The molecule has 28 heavy (non-hydrogen) atoms. The van der Waals surface area contributed by atoms with Crippen LogP contribution in [-0.4, -0.2) is 56.1 Å². The summed E-state index contributed by atoms with van der Waals surface area (Å²) in [5.41, 5.74) is -0.126. The summed E-state index contributed by atoms with van der Waals surface area (Å²) >= 11 is 0. The van der Waals surface area contributed by atoms with Crippen LogP contribution < -0.4 is 5.32 Å². The second-order valence-corrected chi connectivity index (χ2v) is 6.62. The van der Waals surface area contributed by atoms with E-state index in [1.807, 2.05) is 11.9 Å². The van der Waals surface area contributed by atoms with Gasteiger partial charge in [0.05, 0.1) is 13.2 Å². The summed E-state index contributed by atoms with van der Waals surface area (Å²) in [6.45, 7) is 8.91. The summed E-state index contributed by atoms with van der Waals surface area (Å²) in [6.07, 6.45) is 8.81. The zero-order valence-electron chi connectivity index (χ0n) is 18.0. The van der Waals surface area contributed by atoms with Crippen LogP contribution in [0, 0.1) is 5.92 Å². The first-order chi connectivity index (χ1) is 13.3. The van der Waals surface area contributed by atoms with Gasteiger partial charge in [-0.05, 0) is 37.6 Å². The molecular weight excluding hydrogens is 360 g/mol. The molecule has 1 amide bonds. The third-order valence-electron chi connectivity index (χ3n) is 4.15. The van der Waals surface area contributed by atoms with Gasteiger partial charge in [-0.2, -0.15) is 0 Å². The molecule has 0 aliphatic carbocycles. The summed E-state index contributed by atoms with van der Waals surface area (Å²) in [5.74, 6) is -1.16. The monoisotopic (exact) mass is 396 g/mol. The number of allylic oxidation sites excluding steroid dienone is 2. The van der Waals surface area contributed by atoms with Gasteiger partial charge in [0.2, 0.25) is 5.91 Å². The summed E-state index contributed by atoms with van der Waals surface area (Å²) < 4.78 is 10.3. The highest BCUT2D eigenvalue weighted by atomic mass is 16.6. The van der Waals surface area contributed by atoms with Gasteiger partial charge in [0, 0.05) is 27.1 Å². The molecule has 1 N–H and O–H groups in total. The smallest absolute Gasteiger partial charge is 0.345 e. The number of nitrogens with zero attached hydrogens (tertiary/aromatic N) is 1. The Morgan fingerprint density at radius 3 is 2.36 bits per heavy atom. The van der Waals surface area contributed by atoms with Crippen LogP contribution in [-0.2, 0) is 23.9 Å². The van der Waals surface area contributed by atoms with Crippen molar-refractivity contribution in [3.63, 3.8) is 0 Å². The third kappa shape index (κ3) is 12.1. The van der Waals surface area contributed by atoms with Crippen LogP contribution in [0.15, 0.2) is 23.9 Å². The van der Waals surface area contributed by atoms with Gasteiger partial charge >= 0.3 is 11.9 Å². The first-order valence-electron chi connectivity index (χ1n) is 10.0. The fourth-order valence-electron chi connectivity index (χ4n) is 2.37. The van der Waals surface area contributed by atoms with E-state index in [-0.39, 0.29) is 18.1 Å². The Morgan fingerprint density at radius 1 is 1.11 bits per heavy atom. The van der Waals surface area contributed by atoms with Gasteiger partial charge in [-0.3, -0.25) is 4.79 Å². The minimum absolute atomic E-state index is 0.0889. The van der Waals surface area contributed by atoms with Crippen molar-refractivity contribution in [2.75, 3.05) is 33.4 Å². The molecule has 0 aliphatic rings. The molecule has 7 nitrogen and oxygen atoms in total. The van der Waals surface area contributed by atoms with E-state index in [9.17, 15) is 14.4 Å². The van der Waals surface area contributed by atoms with E-state index >= 15 is 0 Å². The van der Waals surface area contributed by atoms with E-state index in [1.165, 1.54) is 13.0 Å². The van der Waals surface area contributed by atoms with E-state index in [0.29, 0.717) is 25.6 Å². The molecule has 0 aromatic heterocycles. The number of carbonyl (C=O) groups is 3. The second-order valence-electron chi connectivity index (χ2n) is 6.62. The Balaban J connectivity index is 4.88. The largest absolute Gasteiger partial charge is 0.462 e. The minimum Gasteiger partial charge on any atom is -0.462 e. The van der Waals surface area contributed by atoms with Crippen molar-refractivity contribution in [3.05, 3.63) is 23.9 Å². The second kappa shape index (κ2) is 15.7. The Morgan fingerprint density at radius 2 is 1.79 bits per heavy atom. The molecule has 1 unspecified atom stereocenters. The highest BCUT2D eigenvalue weighted by Crippen LogP contribution is 2.14. The fourth-order valence-corrected chi connectivity index (χ4v) is 2.37. The first kappa shape index (κ1) is 25.7. The average molecular weight is 397 g/mol. The molecule has 0 saturated carbocycles. The molecule has 0 spiro atoms. The number of carbonyl (C=O) groups excluding carboxylic acids is 3. The van der Waals surface area contributed by atoms with Crippen molar-refractivity contribution in [2.24, 2.45) is 5.92 Å². The highest BCUT2D eigenvalue weighted by Gasteiger charge is 2.21. The third-order valence-corrected chi connectivity index (χ3v) is 4.15. The Bertz CT molecular complexity index is 543. The van der Waals surface area contributed by atoms with Crippen LogP contribution in [0.2, 0.25) is 0 Å². The van der Waals surface area contributed by atoms with Crippen molar-refractivity contribution < 1.29 is 23.9 Å². The van der Waals surface area contributed by atoms with Gasteiger partial charge in [-0.1, -0.05) is 33.1 Å². The number of nitrogens with one attached hydrogen (secondary N) is 1. The maximum Gasteiger partial charge on any atom is 0.345 e. The summed E-state index contributed by atoms with van der Waals surface area (Å²) in [4.78, 5) is 37.2. The van der Waals surface area contributed by atoms with Crippen LogP contribution in [0.5, 0.6) is 0 Å². The van der Waals surface area contributed by atoms with Gasteiger partial charge in [0.25, 0.3) is 0 Å². The summed E-state index contributed by atoms with van der Waals surface area (Å²) in [7, 11) is 1.83. The lowest BCUT2D eigenvalue weighted by Gasteiger charge is -2.15. The van der Waals surface area contributed by atoms with Crippen LogP contribution in [0.1, 0.15) is 53.4 Å². The van der Waals surface area contributed by atoms with E-state index in [1.54, 1.807) is 19.2 Å². The SMILES string of the molecule is CCCCC(CC)COC(=O)C(=CC=CN(C)CCNC(C)=O)C(=O)OCC. The summed E-state index contributed by atoms with van der Waals surface area (Å²) in [5, 5.41) is 2.70. The van der Waals surface area contributed by atoms with Crippen LogP contribution in [0.3, 0.4) is 0 Å². The predicted octanol–water partition coefficient (Wildman–Crippen LogP) is 2.82. The number of unbranched alkanes of at least 4 members (excludes halogenated alkanes) is 1. The van der Waals surface area contributed by atoms with Gasteiger partial charge in [-0.25, -0.2) is 9.59 Å². The molecule has 0 radical (unpaired) electrons. The quantitative estimate of drug-likeness (QED) is 0.160. The minimum atomic E-state index is -0.695. The Hall–Kier alpha value is -2.31. The van der Waals surface area contributed by atoms with E-state index < -0.39 is 11.9 Å². The maximum absolute atomic E-state index is 12.4. The average Bonchev–Trinajstić information content (AvgIpc) is 2.65. The van der Waals surface area contributed by atoms with Gasteiger partial charge in [0.15, 0.2) is 0 Å². The molecule has 160 valence electrons. The number of esters is 2. The zero-order valence-corrected chi connectivity index (χ0v) is 18.0. The van der Waals surface area contributed by atoms with Crippen molar-refractivity contribution in [1.29, 1.82) is 0 Å². The van der Waals surface area contributed by atoms with Gasteiger partial charge in [0.1, 0.15) is 5.57 Å². The van der Waals surface area contributed by atoms with Crippen LogP contribution >= 0.6 is 0 Å². The lowest BCUT2D eigenvalue weighted by atomic mass is 10.0. The van der Waals surface area contributed by atoms with Gasteiger partial charge in [-0.15, -0.1) is 0 Å².